The van der Waals surface area contributed by atoms with Crippen LogP contribution in [0, 0.1) is 5.92 Å². The predicted octanol–water partition coefficient (Wildman–Crippen LogP) is 3.56. The molecule has 0 saturated carbocycles. The van der Waals surface area contributed by atoms with Gasteiger partial charge in [-0.05, 0) is 19.8 Å². The number of alkyl halides is 1. The highest BCUT2D eigenvalue weighted by Crippen LogP contribution is 2.18. The third-order valence-electron chi connectivity index (χ3n) is 2.19. The highest BCUT2D eigenvalue weighted by molar-refractivity contribution is 9.10. The Bertz CT molecular complexity index is 132. The summed E-state index contributed by atoms with van der Waals surface area (Å²) in [6.07, 6.45) is 4.39. The fourth-order valence-electron chi connectivity index (χ4n) is 1.32. The molecular weight excluding hydrogens is 216 g/mol. The number of hydrogen-bond donors (Lipinski definition) is 0. The highest BCUT2D eigenvalue weighted by atomic mass is 79.9. The van der Waals surface area contributed by atoms with E-state index in [2.05, 4.69) is 29.8 Å². The number of carbonyl (C=O) groups is 1. The van der Waals surface area contributed by atoms with E-state index < -0.39 is 0 Å². The first-order chi connectivity index (χ1) is 5.63. The van der Waals surface area contributed by atoms with Gasteiger partial charge in [0.2, 0.25) is 0 Å². The second kappa shape index (κ2) is 6.64. The number of halogens is 1. The molecule has 0 aromatic heterocycles. The number of ketones is 1. The maximum atomic E-state index is 11.5. The minimum absolute atomic E-state index is 0.0271. The molecule has 0 radical (unpaired) electrons. The van der Waals surface area contributed by atoms with Gasteiger partial charge in [0.15, 0.2) is 0 Å². The molecule has 0 amide bonds. The first-order valence-electron chi connectivity index (χ1n) is 4.81. The van der Waals surface area contributed by atoms with E-state index in [9.17, 15) is 4.79 Å². The minimum atomic E-state index is 0.0271. The Morgan fingerprint density at radius 1 is 1.42 bits per heavy atom. The van der Waals surface area contributed by atoms with Crippen molar-refractivity contribution in [3.63, 3.8) is 0 Å². The highest BCUT2D eigenvalue weighted by Gasteiger charge is 2.19. The van der Waals surface area contributed by atoms with Gasteiger partial charge in [0.05, 0.1) is 4.83 Å². The Balaban J connectivity index is 3.88. The summed E-state index contributed by atoms with van der Waals surface area (Å²) >= 11 is 3.32. The van der Waals surface area contributed by atoms with E-state index in [0.717, 1.165) is 12.8 Å². The Labute approximate surface area is 84.1 Å². The summed E-state index contributed by atoms with van der Waals surface area (Å²) in [4.78, 5) is 11.6. The molecule has 72 valence electrons. The van der Waals surface area contributed by atoms with Gasteiger partial charge in [0.1, 0.15) is 5.78 Å². The largest absolute Gasteiger partial charge is 0.298 e. The van der Waals surface area contributed by atoms with E-state index in [1.54, 1.807) is 0 Å². The molecule has 0 heterocycles. The van der Waals surface area contributed by atoms with Crippen molar-refractivity contribution >= 4 is 21.7 Å². The molecule has 0 aliphatic rings. The molecule has 1 nitrogen and oxygen atoms in total. The lowest BCUT2D eigenvalue weighted by molar-refractivity contribution is -0.122. The lowest BCUT2D eigenvalue weighted by Crippen LogP contribution is -2.21. The molecule has 0 fully saturated rings. The van der Waals surface area contributed by atoms with Crippen molar-refractivity contribution in [3.8, 4) is 0 Å². The number of rotatable bonds is 6. The van der Waals surface area contributed by atoms with Gasteiger partial charge < -0.3 is 0 Å². The van der Waals surface area contributed by atoms with Crippen LogP contribution in [0.3, 0.4) is 0 Å². The predicted molar refractivity (Wildman–Crippen MR) is 56.7 cm³/mol. The van der Waals surface area contributed by atoms with E-state index in [1.165, 1.54) is 12.8 Å². The van der Waals surface area contributed by atoms with Crippen LogP contribution in [0.4, 0.5) is 0 Å². The average Bonchev–Trinajstić information content (AvgIpc) is 2.05. The van der Waals surface area contributed by atoms with Crippen molar-refractivity contribution in [2.45, 2.75) is 51.3 Å². The van der Waals surface area contributed by atoms with Crippen LogP contribution < -0.4 is 0 Å². The zero-order valence-electron chi connectivity index (χ0n) is 8.27. The second-order valence-electron chi connectivity index (χ2n) is 3.27. The number of carbonyl (C=O) groups excluding carboxylic acids is 1. The topological polar surface area (TPSA) is 17.1 Å². The Morgan fingerprint density at radius 3 is 2.33 bits per heavy atom. The van der Waals surface area contributed by atoms with Gasteiger partial charge in [-0.3, -0.25) is 4.79 Å². The molecular formula is C10H19BrO. The molecule has 0 bridgehead atoms. The fraction of sp³-hybridized carbons (Fsp3) is 0.900. The summed E-state index contributed by atoms with van der Waals surface area (Å²) in [7, 11) is 0. The van der Waals surface area contributed by atoms with Crippen LogP contribution in [0.1, 0.15) is 46.5 Å². The molecule has 0 aliphatic heterocycles. The van der Waals surface area contributed by atoms with E-state index in [0.29, 0.717) is 5.78 Å². The minimum Gasteiger partial charge on any atom is -0.298 e. The SMILES string of the molecule is CCCCC(CC)C(=O)C(C)Br. The quantitative estimate of drug-likeness (QED) is 0.643. The Morgan fingerprint density at radius 2 is 2.00 bits per heavy atom. The van der Waals surface area contributed by atoms with E-state index in [4.69, 9.17) is 0 Å². The molecule has 2 unspecified atom stereocenters. The molecule has 2 atom stereocenters. The second-order valence-corrected chi connectivity index (χ2v) is 4.64. The number of unbranched alkanes of at least 4 members (excludes halogenated alkanes) is 1. The molecule has 2 heteroatoms. The summed E-state index contributed by atoms with van der Waals surface area (Å²) in [5.41, 5.74) is 0. The molecule has 12 heavy (non-hydrogen) atoms. The Kier molecular flexibility index (Phi) is 6.73. The first kappa shape index (κ1) is 12.2. The molecule has 0 saturated heterocycles. The lowest BCUT2D eigenvalue weighted by atomic mass is 9.93. The smallest absolute Gasteiger partial charge is 0.149 e. The third kappa shape index (κ3) is 4.24. The van der Waals surface area contributed by atoms with Gasteiger partial charge in [-0.1, -0.05) is 42.6 Å². The van der Waals surface area contributed by atoms with Crippen LogP contribution in [-0.4, -0.2) is 10.6 Å². The van der Waals surface area contributed by atoms with Gasteiger partial charge in [-0.2, -0.15) is 0 Å². The molecule has 0 rings (SSSR count). The maximum Gasteiger partial charge on any atom is 0.149 e. The van der Waals surface area contributed by atoms with Crippen molar-refractivity contribution < 1.29 is 4.79 Å². The summed E-state index contributed by atoms with van der Waals surface area (Å²) < 4.78 is 0. The fourth-order valence-corrected chi connectivity index (χ4v) is 1.70. The maximum absolute atomic E-state index is 11.5. The van der Waals surface area contributed by atoms with Crippen LogP contribution >= 0.6 is 15.9 Å². The molecule has 0 aromatic carbocycles. The summed E-state index contributed by atoms with van der Waals surface area (Å²) in [5.74, 6) is 0.644. The van der Waals surface area contributed by atoms with Gasteiger partial charge in [0, 0.05) is 5.92 Å². The van der Waals surface area contributed by atoms with Crippen molar-refractivity contribution in [1.82, 2.24) is 0 Å². The van der Waals surface area contributed by atoms with Crippen molar-refractivity contribution in [3.05, 3.63) is 0 Å². The summed E-state index contributed by atoms with van der Waals surface area (Å²) in [5, 5.41) is 0. The zero-order chi connectivity index (χ0) is 9.56. The van der Waals surface area contributed by atoms with Crippen LogP contribution in [-0.2, 0) is 4.79 Å². The Hall–Kier alpha value is 0.150. The van der Waals surface area contributed by atoms with Crippen LogP contribution in [0.5, 0.6) is 0 Å². The van der Waals surface area contributed by atoms with Gasteiger partial charge in [-0.25, -0.2) is 0 Å². The summed E-state index contributed by atoms with van der Waals surface area (Å²) in [6.45, 7) is 6.17. The number of Topliss-reactive ketones (excluding diaryl/α,β-unsaturated/α-hetero) is 1. The van der Waals surface area contributed by atoms with Crippen LogP contribution in [0.25, 0.3) is 0 Å². The average molecular weight is 235 g/mol. The molecule has 0 aliphatic carbocycles. The lowest BCUT2D eigenvalue weighted by Gasteiger charge is -2.14. The van der Waals surface area contributed by atoms with Crippen LogP contribution in [0.15, 0.2) is 0 Å². The third-order valence-corrected chi connectivity index (χ3v) is 2.64. The van der Waals surface area contributed by atoms with Crippen molar-refractivity contribution in [1.29, 1.82) is 0 Å². The monoisotopic (exact) mass is 234 g/mol. The molecule has 0 aromatic rings. The first-order valence-corrected chi connectivity index (χ1v) is 5.72. The number of hydrogen-bond acceptors (Lipinski definition) is 1. The zero-order valence-corrected chi connectivity index (χ0v) is 9.86. The standard InChI is InChI=1S/C10H19BrO/c1-4-6-7-9(5-2)10(12)8(3)11/h8-9H,4-7H2,1-3H3. The van der Waals surface area contributed by atoms with Gasteiger partial charge >= 0.3 is 0 Å². The molecule has 0 N–H and O–H groups in total. The van der Waals surface area contributed by atoms with Crippen molar-refractivity contribution in [2.24, 2.45) is 5.92 Å². The van der Waals surface area contributed by atoms with E-state index in [1.807, 2.05) is 6.92 Å². The van der Waals surface area contributed by atoms with E-state index in [-0.39, 0.29) is 10.7 Å². The normalized spacial score (nSPS) is 15.7. The molecule has 0 spiro atoms. The van der Waals surface area contributed by atoms with Gasteiger partial charge in [-0.15, -0.1) is 0 Å². The summed E-state index contributed by atoms with van der Waals surface area (Å²) in [6, 6.07) is 0. The van der Waals surface area contributed by atoms with Crippen molar-refractivity contribution in [2.75, 3.05) is 0 Å². The van der Waals surface area contributed by atoms with Gasteiger partial charge in [0.25, 0.3) is 0 Å². The van der Waals surface area contributed by atoms with Crippen LogP contribution in [0.2, 0.25) is 0 Å². The van der Waals surface area contributed by atoms with E-state index >= 15 is 0 Å².